The number of hydrogen-bond acceptors (Lipinski definition) is 0. The smallest absolute Gasteiger partial charge is 0.0632 e. The summed E-state index contributed by atoms with van der Waals surface area (Å²) < 4.78 is 1.51. The summed E-state index contributed by atoms with van der Waals surface area (Å²) in [5.74, 6) is 0. The molecule has 0 saturated heterocycles. The Balaban J connectivity index is 0.000000307. The van der Waals surface area contributed by atoms with E-state index in [0.29, 0.717) is 5.41 Å². The zero-order valence-electron chi connectivity index (χ0n) is 28.0. The Morgan fingerprint density at radius 1 is 0.786 bits per heavy atom. The Kier molecular flexibility index (Phi) is 11.3. The first-order valence-electron chi connectivity index (χ1n) is 14.7. The van der Waals surface area contributed by atoms with Crippen LogP contribution >= 0.6 is 0 Å². The molecule has 0 nitrogen and oxygen atoms in total. The predicted octanol–water partition coefficient (Wildman–Crippen LogP) is 4.52. The van der Waals surface area contributed by atoms with E-state index in [1.165, 1.54) is 75.6 Å². The number of aryl methyl sites for hydroxylation is 2. The van der Waals surface area contributed by atoms with Crippen LogP contribution in [0.15, 0.2) is 42.5 Å². The monoisotopic (exact) mass is 676 g/mol. The van der Waals surface area contributed by atoms with Crippen molar-refractivity contribution in [3.05, 3.63) is 98.6 Å². The molecule has 0 spiro atoms. The van der Waals surface area contributed by atoms with Crippen LogP contribution < -0.4 is 24.8 Å². The molecule has 0 N–H and O–H groups in total. The summed E-state index contributed by atoms with van der Waals surface area (Å²) in [6, 6.07) is 14.3. The summed E-state index contributed by atoms with van der Waals surface area (Å²) >= 11 is 1.55. The number of rotatable bonds is 0. The van der Waals surface area contributed by atoms with E-state index in [9.17, 15) is 0 Å². The van der Waals surface area contributed by atoms with E-state index in [2.05, 4.69) is 139 Å². The maximum absolute atomic E-state index is 3.65. The van der Waals surface area contributed by atoms with E-state index in [1.54, 1.807) is 24.2 Å². The van der Waals surface area contributed by atoms with Crippen LogP contribution in [0.25, 0.3) is 22.3 Å². The Morgan fingerprint density at radius 3 is 1.74 bits per heavy atom. The van der Waals surface area contributed by atoms with Gasteiger partial charge >= 0.3 is 41.3 Å². The molecule has 0 radical (unpaired) electrons. The zero-order chi connectivity index (χ0) is 29.9. The van der Waals surface area contributed by atoms with E-state index >= 15 is 0 Å². The summed E-state index contributed by atoms with van der Waals surface area (Å²) in [4.78, 5) is 0. The first kappa shape index (κ1) is 36.8. The van der Waals surface area contributed by atoms with E-state index in [-0.39, 0.29) is 35.6 Å². The van der Waals surface area contributed by atoms with Crippen LogP contribution in [0.5, 0.6) is 0 Å². The van der Waals surface area contributed by atoms with Gasteiger partial charge in [-0.05, 0) is 58.4 Å². The summed E-state index contributed by atoms with van der Waals surface area (Å²) in [6.07, 6.45) is 7.13. The molecular formula is C39H48Cl2Zr-2. The molecule has 3 heteroatoms. The molecule has 224 valence electrons. The largest absolute Gasteiger partial charge is 1.00 e. The van der Waals surface area contributed by atoms with Crippen LogP contribution in [-0.2, 0) is 46.9 Å². The second-order valence-electron chi connectivity index (χ2n) is 14.6. The van der Waals surface area contributed by atoms with Crippen molar-refractivity contribution in [2.75, 3.05) is 0 Å². The summed E-state index contributed by atoms with van der Waals surface area (Å²) in [5, 5.41) is 0. The van der Waals surface area contributed by atoms with Gasteiger partial charge in [0, 0.05) is 5.41 Å². The average Bonchev–Trinajstić information content (AvgIpc) is 3.46. The molecule has 0 heterocycles. The van der Waals surface area contributed by atoms with Crippen molar-refractivity contribution >= 4 is 14.4 Å². The van der Waals surface area contributed by atoms with Gasteiger partial charge in [0.1, 0.15) is 0 Å². The molecular weight excluding hydrogens is 631 g/mol. The van der Waals surface area contributed by atoms with E-state index in [4.69, 9.17) is 0 Å². The van der Waals surface area contributed by atoms with Gasteiger partial charge in [-0.2, -0.15) is 28.3 Å². The van der Waals surface area contributed by atoms with Crippen LogP contribution in [0.2, 0.25) is 0 Å². The SMILES string of the molecule is CC1=[C-]C(C)(C)c2cc3c(cc21)-c1cc2c(cc1C3)C(C)(C)C=C2C.C[C](C)=[Zr+2].Cc1cc(C(C)(C)C)c(C)[cH-]1.[Cl-].[Cl-]. The molecule has 3 aromatic carbocycles. The average molecular weight is 679 g/mol. The summed E-state index contributed by atoms with van der Waals surface area (Å²) in [5.41, 5.74) is 19.1. The fraction of sp³-hybridized carbons (Fsp3) is 0.436. The molecule has 3 aliphatic carbocycles. The number of allylic oxidation sites excluding steroid dienone is 4. The predicted molar refractivity (Wildman–Crippen MR) is 173 cm³/mol. The first-order chi connectivity index (χ1) is 18.3. The number of halogens is 2. The Bertz CT molecular complexity index is 1480. The zero-order valence-corrected chi connectivity index (χ0v) is 32.0. The third kappa shape index (κ3) is 7.28. The van der Waals surface area contributed by atoms with Crippen molar-refractivity contribution in [1.82, 2.24) is 0 Å². The van der Waals surface area contributed by atoms with Crippen LogP contribution in [0, 0.1) is 19.9 Å². The number of hydrogen-bond donors (Lipinski definition) is 0. The number of fused-ring (bicyclic) bond motifs is 5. The molecule has 0 unspecified atom stereocenters. The van der Waals surface area contributed by atoms with Gasteiger partial charge in [0.15, 0.2) is 0 Å². The third-order valence-corrected chi connectivity index (χ3v) is 8.48. The minimum Gasteiger partial charge on any atom is -1.00 e. The van der Waals surface area contributed by atoms with Crippen LogP contribution in [0.3, 0.4) is 0 Å². The molecule has 42 heavy (non-hydrogen) atoms. The maximum atomic E-state index is 3.65. The molecule has 0 fully saturated rings. The normalized spacial score (nSPS) is 16.1. The molecule has 0 saturated carbocycles. The molecule has 0 bridgehead atoms. The van der Waals surface area contributed by atoms with Gasteiger partial charge in [0.05, 0.1) is 0 Å². The van der Waals surface area contributed by atoms with Crippen LogP contribution in [-0.4, -0.2) is 3.21 Å². The van der Waals surface area contributed by atoms with Gasteiger partial charge < -0.3 is 24.8 Å². The van der Waals surface area contributed by atoms with Crippen LogP contribution in [0.4, 0.5) is 0 Å². The Hall–Kier alpha value is -1.40. The first-order valence-corrected chi connectivity index (χ1v) is 16.0. The minimum absolute atomic E-state index is 0. The molecule has 3 aliphatic rings. The van der Waals surface area contributed by atoms with Crippen molar-refractivity contribution in [3.8, 4) is 11.1 Å². The molecule has 3 aromatic rings. The Morgan fingerprint density at radius 2 is 1.29 bits per heavy atom. The third-order valence-electron chi connectivity index (χ3n) is 8.48. The minimum atomic E-state index is 0. The van der Waals surface area contributed by atoms with Gasteiger partial charge in [-0.1, -0.05) is 98.3 Å². The Labute approximate surface area is 284 Å². The van der Waals surface area contributed by atoms with E-state index in [0.717, 1.165) is 6.42 Å². The van der Waals surface area contributed by atoms with Gasteiger partial charge in [-0.3, -0.25) is 6.08 Å². The topological polar surface area (TPSA) is 0 Å². The molecule has 0 aliphatic heterocycles. The second kappa shape index (κ2) is 12.9. The second-order valence-corrected chi connectivity index (χ2v) is 17.0. The van der Waals surface area contributed by atoms with E-state index < -0.39 is 0 Å². The summed E-state index contributed by atoms with van der Waals surface area (Å²) in [7, 11) is 0. The number of benzene rings is 2. The van der Waals surface area contributed by atoms with Crippen molar-refractivity contribution in [1.29, 1.82) is 0 Å². The molecule has 6 rings (SSSR count). The fourth-order valence-electron chi connectivity index (χ4n) is 6.89. The van der Waals surface area contributed by atoms with Crippen molar-refractivity contribution < 1.29 is 49.0 Å². The van der Waals surface area contributed by atoms with Gasteiger partial charge in [0.25, 0.3) is 0 Å². The van der Waals surface area contributed by atoms with Gasteiger partial charge in [-0.25, -0.2) is 11.6 Å². The van der Waals surface area contributed by atoms with E-state index in [1.807, 2.05) is 0 Å². The fourth-order valence-corrected chi connectivity index (χ4v) is 6.89. The van der Waals surface area contributed by atoms with Gasteiger partial charge in [-0.15, -0.1) is 11.6 Å². The molecule has 0 atom stereocenters. The maximum Gasteiger partial charge on any atom is -0.0632 e. The summed E-state index contributed by atoms with van der Waals surface area (Å²) in [6.45, 7) is 29.0. The standard InChI is InChI=1S/C25H25.C11H17.C3H6.2ClH.Zr/c1-14-12-24(3,4)22-8-16-7-17-9-23-19(15(2)13-25(23,5)6)11-21(17)20(16)10-18(14)22;1-8-6-9(2)10(7-8)11(3,4)5;1-3-2;;;/h8-12H,7H2,1-6H3;6-7H,1-5H3;1-2H3;2*1H;/q2*-1;;;;+2/p-2. The van der Waals surface area contributed by atoms with Crippen LogP contribution in [0.1, 0.15) is 126 Å². The van der Waals surface area contributed by atoms with Crippen molar-refractivity contribution in [2.24, 2.45) is 0 Å². The quantitative estimate of drug-likeness (QED) is 0.240. The van der Waals surface area contributed by atoms with Crippen molar-refractivity contribution in [3.63, 3.8) is 0 Å². The molecule has 0 aromatic heterocycles. The van der Waals surface area contributed by atoms with Crippen molar-refractivity contribution in [2.45, 2.75) is 113 Å². The molecule has 0 amide bonds. The van der Waals surface area contributed by atoms with Gasteiger partial charge in [0.2, 0.25) is 0 Å².